The van der Waals surface area contributed by atoms with Crippen LogP contribution in [0.1, 0.15) is 43.9 Å². The highest BCUT2D eigenvalue weighted by Gasteiger charge is 2.74. The maximum absolute atomic E-state index is 14.3. The Kier molecular flexibility index (Phi) is 7.81. The minimum absolute atomic E-state index is 0.00228. The summed E-state index contributed by atoms with van der Waals surface area (Å²) in [5.74, 6) is -4.11. The molecule has 0 amide bonds. The van der Waals surface area contributed by atoms with Crippen LogP contribution in [0.15, 0.2) is 71.6 Å². The molecule has 228 valence electrons. The summed E-state index contributed by atoms with van der Waals surface area (Å²) in [7, 11) is -4.32. The van der Waals surface area contributed by atoms with Crippen molar-refractivity contribution in [3.8, 4) is 0 Å². The van der Waals surface area contributed by atoms with E-state index in [1.165, 1.54) is 0 Å². The molecule has 0 bridgehead atoms. The number of rotatable bonds is 7. The highest BCUT2D eigenvalue weighted by molar-refractivity contribution is 7.92. The second-order valence-corrected chi connectivity index (χ2v) is 13.4. The van der Waals surface area contributed by atoms with Crippen molar-refractivity contribution in [3.63, 3.8) is 0 Å². The second-order valence-electron chi connectivity index (χ2n) is 11.2. The van der Waals surface area contributed by atoms with Crippen LogP contribution in [0.5, 0.6) is 0 Å². The Bertz CT molecular complexity index is 1520. The summed E-state index contributed by atoms with van der Waals surface area (Å²) in [5.41, 5.74) is -8.34. The van der Waals surface area contributed by atoms with Crippen LogP contribution in [-0.2, 0) is 31.5 Å². The lowest BCUT2D eigenvalue weighted by Gasteiger charge is -2.37. The first-order chi connectivity index (χ1) is 19.2. The van der Waals surface area contributed by atoms with Gasteiger partial charge in [0.15, 0.2) is 9.84 Å². The molecule has 1 saturated carbocycles. The molecule has 1 aliphatic carbocycles. The molecule has 3 aromatic carbocycles. The molecule has 3 nitrogen and oxygen atoms in total. The minimum atomic E-state index is -6.15. The zero-order valence-corrected chi connectivity index (χ0v) is 23.2. The van der Waals surface area contributed by atoms with Crippen molar-refractivity contribution < 1.29 is 52.7 Å². The van der Waals surface area contributed by atoms with Crippen LogP contribution in [-0.4, -0.2) is 20.8 Å². The van der Waals surface area contributed by atoms with E-state index in [-0.39, 0.29) is 16.9 Å². The van der Waals surface area contributed by atoms with E-state index in [1.807, 2.05) is 0 Å². The quantitative estimate of drug-likeness (QED) is 0.196. The second kappa shape index (κ2) is 10.3. The molecule has 2 atom stereocenters. The number of benzene rings is 3. The third-order valence-corrected chi connectivity index (χ3v) is 10.2. The van der Waals surface area contributed by atoms with Crippen LogP contribution in [0, 0.1) is 28.8 Å². The van der Waals surface area contributed by atoms with Crippen molar-refractivity contribution in [1.82, 2.24) is 0 Å². The third kappa shape index (κ3) is 5.08. The molecule has 4 rings (SSSR count). The lowest BCUT2D eigenvalue weighted by Crippen LogP contribution is -2.56. The molecule has 0 saturated heterocycles. The van der Waals surface area contributed by atoms with Gasteiger partial charge in [0, 0.05) is 11.1 Å². The van der Waals surface area contributed by atoms with Gasteiger partial charge in [0.2, 0.25) is 0 Å². The number of alkyl halides is 6. The average molecular weight is 625 g/mol. The Labute approximate surface area is 236 Å². The maximum atomic E-state index is 14.3. The molecular formula is C29H25F9O3S. The monoisotopic (exact) mass is 624 g/mol. The van der Waals surface area contributed by atoms with Crippen LogP contribution < -0.4 is 0 Å². The predicted molar refractivity (Wildman–Crippen MR) is 134 cm³/mol. The van der Waals surface area contributed by atoms with Gasteiger partial charge in [-0.2, -0.15) is 26.3 Å². The van der Waals surface area contributed by atoms with Crippen LogP contribution in [0.3, 0.4) is 0 Å². The van der Waals surface area contributed by atoms with Gasteiger partial charge in [-0.1, -0.05) is 51.1 Å². The molecule has 0 spiro atoms. The van der Waals surface area contributed by atoms with Gasteiger partial charge in [0.05, 0.1) is 11.5 Å². The standard InChI is InChI=1S/C29H25F9O3S/c1-25(2,3)24-15-26(24,42(39,40)20-13-11-19(30)12-14-20)17-7-9-18(10-8-17)27(28(33,34)35,29(36,37)38)41-16-21-22(31)5-4-6-23(21)32/h4-14,24H,15-16H2,1-3H3. The number of hydrogen-bond acceptors (Lipinski definition) is 3. The third-order valence-electron chi connectivity index (χ3n) is 7.63. The van der Waals surface area contributed by atoms with E-state index < -0.39 is 79.1 Å². The molecular weight excluding hydrogens is 599 g/mol. The fourth-order valence-electron chi connectivity index (χ4n) is 5.42. The Morgan fingerprint density at radius 3 is 1.71 bits per heavy atom. The molecule has 1 aliphatic rings. The lowest BCUT2D eigenvalue weighted by molar-refractivity contribution is -0.392. The largest absolute Gasteiger partial charge is 0.430 e. The van der Waals surface area contributed by atoms with Gasteiger partial charge < -0.3 is 4.74 Å². The summed E-state index contributed by atoms with van der Waals surface area (Å²) in [6, 6.07) is 8.71. The Balaban J connectivity index is 1.85. The van der Waals surface area contributed by atoms with E-state index in [0.717, 1.165) is 42.5 Å². The van der Waals surface area contributed by atoms with Crippen molar-refractivity contribution in [2.45, 2.75) is 61.4 Å². The predicted octanol–water partition coefficient (Wildman–Crippen LogP) is 8.38. The van der Waals surface area contributed by atoms with Crippen LogP contribution in [0.2, 0.25) is 0 Å². The van der Waals surface area contributed by atoms with Crippen molar-refractivity contribution in [2.75, 3.05) is 0 Å². The number of hydrogen-bond donors (Lipinski definition) is 0. The number of ether oxygens (including phenoxy) is 1. The van der Waals surface area contributed by atoms with Gasteiger partial charge in [-0.25, -0.2) is 21.6 Å². The van der Waals surface area contributed by atoms with E-state index in [2.05, 4.69) is 4.74 Å². The molecule has 3 aromatic rings. The smallest absolute Gasteiger partial charge is 0.349 e. The normalized spacial score (nSPS) is 20.0. The molecule has 1 fully saturated rings. The van der Waals surface area contributed by atoms with E-state index in [4.69, 9.17) is 0 Å². The van der Waals surface area contributed by atoms with Crippen molar-refractivity contribution in [3.05, 3.63) is 101 Å². The Morgan fingerprint density at radius 2 is 1.29 bits per heavy atom. The Hall–Kier alpha value is -3.06. The summed E-state index contributed by atoms with van der Waals surface area (Å²) < 4.78 is 158. The van der Waals surface area contributed by atoms with E-state index >= 15 is 0 Å². The van der Waals surface area contributed by atoms with Crippen molar-refractivity contribution in [2.24, 2.45) is 11.3 Å². The summed E-state index contributed by atoms with van der Waals surface area (Å²) in [4.78, 5) is -0.269. The fraction of sp³-hybridized carbons (Fsp3) is 0.379. The van der Waals surface area contributed by atoms with E-state index in [9.17, 15) is 47.9 Å². The molecule has 13 heteroatoms. The van der Waals surface area contributed by atoms with Crippen LogP contribution >= 0.6 is 0 Å². The van der Waals surface area contributed by atoms with Gasteiger partial charge in [-0.15, -0.1) is 0 Å². The number of sulfone groups is 1. The first-order valence-corrected chi connectivity index (χ1v) is 14.0. The van der Waals surface area contributed by atoms with Gasteiger partial charge in [0.25, 0.3) is 5.60 Å². The van der Waals surface area contributed by atoms with Crippen molar-refractivity contribution in [1.29, 1.82) is 0 Å². The van der Waals surface area contributed by atoms with Crippen LogP contribution in [0.4, 0.5) is 39.5 Å². The van der Waals surface area contributed by atoms with Gasteiger partial charge in [0.1, 0.15) is 22.2 Å². The van der Waals surface area contributed by atoms with Gasteiger partial charge in [-0.05, 0) is 59.7 Å². The number of halogens is 9. The molecule has 0 radical (unpaired) electrons. The molecule has 42 heavy (non-hydrogen) atoms. The molecule has 2 unspecified atom stereocenters. The first kappa shape index (κ1) is 31.9. The van der Waals surface area contributed by atoms with E-state index in [0.29, 0.717) is 24.3 Å². The van der Waals surface area contributed by atoms with Crippen molar-refractivity contribution >= 4 is 9.84 Å². The lowest BCUT2D eigenvalue weighted by atomic mass is 9.86. The molecule has 0 aliphatic heterocycles. The molecule has 0 N–H and O–H groups in total. The highest BCUT2D eigenvalue weighted by Crippen LogP contribution is 2.66. The summed E-state index contributed by atoms with van der Waals surface area (Å²) in [6.07, 6.45) is -12.3. The fourth-order valence-corrected chi connectivity index (χ4v) is 7.89. The SMILES string of the molecule is CC(C)(C)C1CC1(c1ccc(C(OCc2c(F)cccc2F)(C(F)(F)F)C(F)(F)F)cc1)S(=O)(=O)c1ccc(F)cc1. The molecule has 0 aromatic heterocycles. The zero-order chi connectivity index (χ0) is 31.5. The van der Waals surface area contributed by atoms with E-state index in [1.54, 1.807) is 20.8 Å². The highest BCUT2D eigenvalue weighted by atomic mass is 32.2. The van der Waals surface area contributed by atoms with Crippen LogP contribution in [0.25, 0.3) is 0 Å². The van der Waals surface area contributed by atoms with Gasteiger partial charge >= 0.3 is 12.4 Å². The topological polar surface area (TPSA) is 43.4 Å². The summed E-state index contributed by atoms with van der Waals surface area (Å²) in [5, 5.41) is 0. The van der Waals surface area contributed by atoms with Gasteiger partial charge in [-0.3, -0.25) is 0 Å². The molecule has 0 heterocycles. The first-order valence-electron chi connectivity index (χ1n) is 12.5. The minimum Gasteiger partial charge on any atom is -0.349 e. The summed E-state index contributed by atoms with van der Waals surface area (Å²) >= 11 is 0. The average Bonchev–Trinajstić information content (AvgIpc) is 3.64. The maximum Gasteiger partial charge on any atom is 0.430 e. The Morgan fingerprint density at radius 1 is 0.786 bits per heavy atom. The zero-order valence-electron chi connectivity index (χ0n) is 22.4. The summed E-state index contributed by atoms with van der Waals surface area (Å²) in [6.45, 7) is 3.50.